The molecule has 2 amide bonds. The molecule has 0 radical (unpaired) electrons. The lowest BCUT2D eigenvalue weighted by molar-refractivity contribution is -0.134. The van der Waals surface area contributed by atoms with Crippen molar-refractivity contribution in [3.8, 4) is 0 Å². The second-order valence-corrected chi connectivity index (χ2v) is 6.04. The summed E-state index contributed by atoms with van der Waals surface area (Å²) in [5.74, 6) is -1.13. The maximum atomic E-state index is 12.6. The summed E-state index contributed by atoms with van der Waals surface area (Å²) in [5, 5.41) is 5.55. The van der Waals surface area contributed by atoms with Gasteiger partial charge in [-0.15, -0.1) is 0 Å². The molecule has 0 bridgehead atoms. The number of rotatable bonds is 8. The van der Waals surface area contributed by atoms with Crippen LogP contribution in [0.25, 0.3) is 0 Å². The molecule has 24 heavy (non-hydrogen) atoms. The molecule has 2 rings (SSSR count). The number of carbonyl (C=O) groups excluding carboxylic acids is 3. The van der Waals surface area contributed by atoms with Crippen LogP contribution in [0, 0.1) is 5.41 Å². The van der Waals surface area contributed by atoms with Crippen LogP contribution >= 0.6 is 0 Å². The number of hydrogen-bond donors (Lipinski definition) is 2. The molecule has 1 saturated carbocycles. The molecule has 0 aromatic heterocycles. The third kappa shape index (κ3) is 3.93. The van der Waals surface area contributed by atoms with E-state index in [1.807, 2.05) is 0 Å². The Bertz CT molecular complexity index is 623. The number of ether oxygens (including phenoxy) is 1. The maximum Gasteiger partial charge on any atom is 0.339 e. The number of esters is 1. The Morgan fingerprint density at radius 1 is 1.12 bits per heavy atom. The fourth-order valence-corrected chi connectivity index (χ4v) is 2.55. The topological polar surface area (TPSA) is 84.5 Å². The van der Waals surface area contributed by atoms with E-state index in [9.17, 15) is 14.4 Å². The van der Waals surface area contributed by atoms with Gasteiger partial charge < -0.3 is 15.4 Å². The maximum absolute atomic E-state index is 12.6. The lowest BCUT2D eigenvalue weighted by atomic mass is 10.0. The van der Waals surface area contributed by atoms with Crippen LogP contribution in [0.4, 0.5) is 5.69 Å². The summed E-state index contributed by atoms with van der Waals surface area (Å²) in [6.07, 6.45) is 4.08. The number of unbranched alkanes of at least 4 members (excludes halogenated alkanes) is 2. The van der Waals surface area contributed by atoms with Crippen LogP contribution in [0.5, 0.6) is 0 Å². The van der Waals surface area contributed by atoms with Crippen LogP contribution in [0.3, 0.4) is 0 Å². The molecule has 0 aliphatic heterocycles. The number of benzene rings is 1. The minimum Gasteiger partial charge on any atom is -0.465 e. The van der Waals surface area contributed by atoms with Crippen molar-refractivity contribution in [2.24, 2.45) is 5.41 Å². The Kier molecular flexibility index (Phi) is 5.95. The van der Waals surface area contributed by atoms with E-state index in [4.69, 9.17) is 4.74 Å². The quantitative estimate of drug-likeness (QED) is 0.435. The number of nitrogens with one attached hydrogen (secondary N) is 2. The number of amides is 2. The van der Waals surface area contributed by atoms with Crippen molar-refractivity contribution in [3.05, 3.63) is 29.8 Å². The smallest absolute Gasteiger partial charge is 0.339 e. The average molecular weight is 332 g/mol. The number of para-hydroxylation sites is 1. The first-order valence-electron chi connectivity index (χ1n) is 8.32. The predicted octanol–water partition coefficient (Wildman–Crippen LogP) is 2.50. The molecule has 0 saturated heterocycles. The zero-order chi connectivity index (χ0) is 17.6. The zero-order valence-corrected chi connectivity index (χ0v) is 14.2. The van der Waals surface area contributed by atoms with Crippen LogP contribution in [0.1, 0.15) is 49.4 Å². The van der Waals surface area contributed by atoms with Gasteiger partial charge in [-0.2, -0.15) is 0 Å². The molecule has 0 atom stereocenters. The normalized spacial score (nSPS) is 14.6. The van der Waals surface area contributed by atoms with Crippen LogP contribution in [-0.4, -0.2) is 31.4 Å². The van der Waals surface area contributed by atoms with E-state index in [2.05, 4.69) is 17.6 Å². The molecule has 1 fully saturated rings. The highest BCUT2D eigenvalue weighted by Crippen LogP contribution is 2.47. The van der Waals surface area contributed by atoms with Gasteiger partial charge in [0.1, 0.15) is 5.41 Å². The molecule has 130 valence electrons. The Morgan fingerprint density at radius 3 is 2.46 bits per heavy atom. The molecule has 1 aliphatic rings. The van der Waals surface area contributed by atoms with Crippen molar-refractivity contribution in [2.75, 3.05) is 19.0 Å². The molecule has 0 heterocycles. The van der Waals surface area contributed by atoms with Crippen molar-refractivity contribution in [2.45, 2.75) is 39.0 Å². The van der Waals surface area contributed by atoms with Crippen molar-refractivity contribution in [3.63, 3.8) is 0 Å². The predicted molar refractivity (Wildman–Crippen MR) is 90.6 cm³/mol. The summed E-state index contributed by atoms with van der Waals surface area (Å²) in [7, 11) is 1.28. The van der Waals surface area contributed by atoms with Crippen LogP contribution < -0.4 is 10.6 Å². The largest absolute Gasteiger partial charge is 0.465 e. The van der Waals surface area contributed by atoms with E-state index < -0.39 is 11.4 Å². The van der Waals surface area contributed by atoms with Gasteiger partial charge in [-0.25, -0.2) is 4.79 Å². The Morgan fingerprint density at radius 2 is 1.83 bits per heavy atom. The number of methoxy groups -OCH3 is 1. The minimum atomic E-state index is -1.00. The standard InChI is InChI=1S/C18H24N2O4/c1-3-4-7-12-19-16(22)18(10-11-18)17(23)20-14-9-6-5-8-13(14)15(21)24-2/h5-6,8-9H,3-4,7,10-12H2,1-2H3,(H,19,22)(H,20,23). The molecule has 0 spiro atoms. The number of anilines is 1. The lowest BCUT2D eigenvalue weighted by Crippen LogP contribution is -2.40. The first-order valence-corrected chi connectivity index (χ1v) is 8.32. The van der Waals surface area contributed by atoms with E-state index in [1.165, 1.54) is 7.11 Å². The first-order chi connectivity index (χ1) is 11.5. The summed E-state index contributed by atoms with van der Waals surface area (Å²) < 4.78 is 4.71. The van der Waals surface area contributed by atoms with Gasteiger partial charge in [0.2, 0.25) is 11.8 Å². The zero-order valence-electron chi connectivity index (χ0n) is 14.2. The van der Waals surface area contributed by atoms with Crippen LogP contribution in [0.2, 0.25) is 0 Å². The molecular weight excluding hydrogens is 308 g/mol. The molecule has 1 aromatic rings. The number of carbonyl (C=O) groups is 3. The molecule has 1 aromatic carbocycles. The van der Waals surface area contributed by atoms with Gasteiger partial charge in [0, 0.05) is 6.54 Å². The minimum absolute atomic E-state index is 0.230. The highest BCUT2D eigenvalue weighted by molar-refractivity contribution is 6.14. The second kappa shape index (κ2) is 7.95. The second-order valence-electron chi connectivity index (χ2n) is 6.04. The average Bonchev–Trinajstić information content (AvgIpc) is 3.40. The Hall–Kier alpha value is -2.37. The van der Waals surface area contributed by atoms with Crippen LogP contribution in [0.15, 0.2) is 24.3 Å². The third-order valence-corrected chi connectivity index (χ3v) is 4.27. The van der Waals surface area contributed by atoms with E-state index in [0.29, 0.717) is 25.1 Å². The molecule has 0 unspecified atom stereocenters. The van der Waals surface area contributed by atoms with E-state index in [-0.39, 0.29) is 17.4 Å². The summed E-state index contributed by atoms with van der Waals surface area (Å²) in [6.45, 7) is 2.68. The molecule has 1 aliphatic carbocycles. The van der Waals surface area contributed by atoms with Crippen molar-refractivity contribution in [1.29, 1.82) is 0 Å². The van der Waals surface area contributed by atoms with Gasteiger partial charge in [-0.3, -0.25) is 9.59 Å². The Balaban J connectivity index is 2.02. The fraction of sp³-hybridized carbons (Fsp3) is 0.500. The van der Waals surface area contributed by atoms with Gasteiger partial charge in [-0.05, 0) is 31.4 Å². The van der Waals surface area contributed by atoms with E-state index >= 15 is 0 Å². The van der Waals surface area contributed by atoms with Crippen molar-refractivity contribution < 1.29 is 19.1 Å². The summed E-state index contributed by atoms with van der Waals surface area (Å²) in [6, 6.07) is 6.60. The highest BCUT2D eigenvalue weighted by Gasteiger charge is 2.56. The fourth-order valence-electron chi connectivity index (χ4n) is 2.55. The third-order valence-electron chi connectivity index (χ3n) is 4.27. The molecule has 6 nitrogen and oxygen atoms in total. The number of hydrogen-bond acceptors (Lipinski definition) is 4. The van der Waals surface area contributed by atoms with Crippen molar-refractivity contribution >= 4 is 23.5 Å². The lowest BCUT2D eigenvalue weighted by Gasteiger charge is -2.16. The van der Waals surface area contributed by atoms with Gasteiger partial charge in [0.25, 0.3) is 0 Å². The highest BCUT2D eigenvalue weighted by atomic mass is 16.5. The van der Waals surface area contributed by atoms with Gasteiger partial charge >= 0.3 is 5.97 Å². The van der Waals surface area contributed by atoms with E-state index in [0.717, 1.165) is 19.3 Å². The van der Waals surface area contributed by atoms with Gasteiger partial charge in [0.05, 0.1) is 18.4 Å². The molecule has 6 heteroatoms. The van der Waals surface area contributed by atoms with Gasteiger partial charge in [0.15, 0.2) is 0 Å². The van der Waals surface area contributed by atoms with Crippen LogP contribution in [-0.2, 0) is 14.3 Å². The SMILES string of the molecule is CCCCCNC(=O)C1(C(=O)Nc2ccccc2C(=O)OC)CC1. The van der Waals surface area contributed by atoms with Gasteiger partial charge in [-0.1, -0.05) is 31.9 Å². The molecular formula is C18H24N2O4. The van der Waals surface area contributed by atoms with E-state index in [1.54, 1.807) is 24.3 Å². The van der Waals surface area contributed by atoms with Crippen molar-refractivity contribution in [1.82, 2.24) is 5.32 Å². The Labute approximate surface area is 142 Å². The summed E-state index contributed by atoms with van der Waals surface area (Å²) in [4.78, 5) is 36.7. The summed E-state index contributed by atoms with van der Waals surface area (Å²) in [5.41, 5.74) is -0.373. The molecule has 2 N–H and O–H groups in total. The first kappa shape index (κ1) is 18.0. The summed E-state index contributed by atoms with van der Waals surface area (Å²) >= 11 is 0. The monoisotopic (exact) mass is 332 g/mol.